The summed E-state index contributed by atoms with van der Waals surface area (Å²) in [7, 11) is 0. The van der Waals surface area contributed by atoms with E-state index in [1.54, 1.807) is 6.33 Å². The molecule has 0 amide bonds. The maximum absolute atomic E-state index is 5.70. The van der Waals surface area contributed by atoms with E-state index < -0.39 is 0 Å². The lowest BCUT2D eigenvalue weighted by Gasteiger charge is -2.19. The Labute approximate surface area is 94.6 Å². The van der Waals surface area contributed by atoms with E-state index in [9.17, 15) is 0 Å². The molecule has 1 atom stereocenters. The van der Waals surface area contributed by atoms with Crippen molar-refractivity contribution in [3.63, 3.8) is 0 Å². The summed E-state index contributed by atoms with van der Waals surface area (Å²) in [5, 5.41) is 0. The summed E-state index contributed by atoms with van der Waals surface area (Å²) >= 11 is 0. The molecule has 0 spiro atoms. The van der Waals surface area contributed by atoms with E-state index in [4.69, 9.17) is 10.5 Å². The number of rotatable bonds is 2. The second-order valence-corrected chi connectivity index (χ2v) is 4.45. The van der Waals surface area contributed by atoms with Gasteiger partial charge in [0.1, 0.15) is 12.1 Å². The first-order valence-corrected chi connectivity index (χ1v) is 5.74. The zero-order valence-corrected chi connectivity index (χ0v) is 9.22. The predicted molar refractivity (Wildman–Crippen MR) is 59.9 cm³/mol. The zero-order chi connectivity index (χ0) is 11.0. The molecule has 3 rings (SSSR count). The molecule has 2 aliphatic rings. The van der Waals surface area contributed by atoms with Crippen molar-refractivity contribution in [3.05, 3.63) is 17.6 Å². The molecular formula is C11H16N4O. The molecule has 1 aromatic rings. The quantitative estimate of drug-likeness (QED) is 0.776. The molecule has 1 unspecified atom stereocenters. The molecule has 2 aliphatic heterocycles. The predicted octanol–water partition coefficient (Wildman–Crippen LogP) is 0.292. The molecule has 1 aromatic heterocycles. The Morgan fingerprint density at radius 3 is 3.19 bits per heavy atom. The van der Waals surface area contributed by atoms with Gasteiger partial charge in [0, 0.05) is 18.7 Å². The zero-order valence-electron chi connectivity index (χ0n) is 9.22. The Hall–Kier alpha value is -1.20. The molecule has 0 aliphatic carbocycles. The van der Waals surface area contributed by atoms with Gasteiger partial charge in [-0.05, 0) is 18.9 Å². The van der Waals surface area contributed by atoms with Gasteiger partial charge in [-0.3, -0.25) is 0 Å². The van der Waals surface area contributed by atoms with Crippen LogP contribution in [0.2, 0.25) is 0 Å². The van der Waals surface area contributed by atoms with E-state index in [1.807, 2.05) is 0 Å². The third-order valence-corrected chi connectivity index (χ3v) is 3.42. The molecule has 0 saturated carbocycles. The number of fused-ring (bicyclic) bond motifs is 1. The molecule has 5 heteroatoms. The summed E-state index contributed by atoms with van der Waals surface area (Å²) in [5.74, 6) is 1.66. The number of hydrogen-bond donors (Lipinski definition) is 1. The Kier molecular flexibility index (Phi) is 2.49. The van der Waals surface area contributed by atoms with Crippen molar-refractivity contribution >= 4 is 5.82 Å². The van der Waals surface area contributed by atoms with E-state index in [0.717, 1.165) is 37.6 Å². The van der Waals surface area contributed by atoms with Crippen LogP contribution in [0.5, 0.6) is 0 Å². The molecule has 1 fully saturated rings. The normalized spacial score (nSPS) is 23.8. The van der Waals surface area contributed by atoms with Gasteiger partial charge >= 0.3 is 0 Å². The van der Waals surface area contributed by atoms with Crippen LogP contribution >= 0.6 is 0 Å². The lowest BCUT2D eigenvalue weighted by Crippen LogP contribution is -2.24. The first-order valence-electron chi connectivity index (χ1n) is 5.74. The number of anilines is 1. The molecule has 86 valence electrons. The Balaban J connectivity index is 1.87. The number of hydrogen-bond acceptors (Lipinski definition) is 5. The van der Waals surface area contributed by atoms with Crippen LogP contribution in [-0.4, -0.2) is 29.6 Å². The van der Waals surface area contributed by atoms with Gasteiger partial charge in [0.25, 0.3) is 0 Å². The minimum atomic E-state index is 0.605. The molecule has 3 heterocycles. The van der Waals surface area contributed by atoms with Crippen molar-refractivity contribution < 1.29 is 4.74 Å². The van der Waals surface area contributed by atoms with Gasteiger partial charge in [0.2, 0.25) is 0 Å². The molecular weight excluding hydrogens is 204 g/mol. The van der Waals surface area contributed by atoms with E-state index >= 15 is 0 Å². The average Bonchev–Trinajstić information content (AvgIpc) is 2.97. The Morgan fingerprint density at radius 1 is 1.44 bits per heavy atom. The lowest BCUT2D eigenvalue weighted by atomic mass is 10.1. The minimum Gasteiger partial charge on any atom is -0.370 e. The molecule has 0 aromatic carbocycles. The Bertz CT molecular complexity index is 396. The van der Waals surface area contributed by atoms with E-state index in [2.05, 4.69) is 14.9 Å². The Morgan fingerprint density at radius 2 is 2.38 bits per heavy atom. The van der Waals surface area contributed by atoms with E-state index in [1.165, 1.54) is 5.56 Å². The fourth-order valence-corrected chi connectivity index (χ4v) is 2.45. The number of nitrogens with zero attached hydrogens (tertiary/aromatic N) is 3. The minimum absolute atomic E-state index is 0.605. The molecule has 0 bridgehead atoms. The average molecular weight is 220 g/mol. The third-order valence-electron chi connectivity index (χ3n) is 3.42. The first-order chi connectivity index (χ1) is 7.88. The van der Waals surface area contributed by atoms with Crippen molar-refractivity contribution in [1.29, 1.82) is 0 Å². The molecule has 1 saturated heterocycles. The highest BCUT2D eigenvalue weighted by molar-refractivity contribution is 5.50. The SMILES string of the molecule is NCC1CCN(c2ncnc3c2COC3)C1. The molecule has 5 nitrogen and oxygen atoms in total. The van der Waals surface area contributed by atoms with Crippen LogP contribution in [0.1, 0.15) is 17.7 Å². The standard InChI is InChI=1S/C11H16N4O/c12-3-8-1-2-15(4-8)11-9-5-16-6-10(9)13-7-14-11/h7-8H,1-6,12H2. The molecule has 2 N–H and O–H groups in total. The largest absolute Gasteiger partial charge is 0.370 e. The van der Waals surface area contributed by atoms with Gasteiger partial charge in [-0.25, -0.2) is 9.97 Å². The second-order valence-electron chi connectivity index (χ2n) is 4.45. The smallest absolute Gasteiger partial charge is 0.137 e. The highest BCUT2D eigenvalue weighted by atomic mass is 16.5. The van der Waals surface area contributed by atoms with Gasteiger partial charge in [-0.2, -0.15) is 0 Å². The van der Waals surface area contributed by atoms with Crippen LogP contribution < -0.4 is 10.6 Å². The number of ether oxygens (including phenoxy) is 1. The van der Waals surface area contributed by atoms with Crippen molar-refractivity contribution in [2.75, 3.05) is 24.5 Å². The fraction of sp³-hybridized carbons (Fsp3) is 0.636. The van der Waals surface area contributed by atoms with Gasteiger partial charge < -0.3 is 15.4 Å². The summed E-state index contributed by atoms with van der Waals surface area (Å²) in [6.07, 6.45) is 2.80. The summed E-state index contributed by atoms with van der Waals surface area (Å²) in [4.78, 5) is 11.0. The van der Waals surface area contributed by atoms with Crippen LogP contribution in [0, 0.1) is 5.92 Å². The van der Waals surface area contributed by atoms with Gasteiger partial charge in [0.05, 0.1) is 18.9 Å². The summed E-state index contributed by atoms with van der Waals surface area (Å²) in [6, 6.07) is 0. The number of aromatic nitrogens is 2. The van der Waals surface area contributed by atoms with E-state index in [0.29, 0.717) is 19.1 Å². The van der Waals surface area contributed by atoms with Crippen molar-refractivity contribution in [1.82, 2.24) is 9.97 Å². The van der Waals surface area contributed by atoms with Crippen molar-refractivity contribution in [2.45, 2.75) is 19.6 Å². The summed E-state index contributed by atoms with van der Waals surface area (Å²) in [5.41, 5.74) is 7.91. The summed E-state index contributed by atoms with van der Waals surface area (Å²) in [6.45, 7) is 4.10. The maximum atomic E-state index is 5.70. The second kappa shape index (κ2) is 3.99. The molecule has 16 heavy (non-hydrogen) atoms. The van der Waals surface area contributed by atoms with E-state index in [-0.39, 0.29) is 0 Å². The van der Waals surface area contributed by atoms with Crippen LogP contribution in [0.15, 0.2) is 6.33 Å². The van der Waals surface area contributed by atoms with Crippen LogP contribution in [0.25, 0.3) is 0 Å². The fourth-order valence-electron chi connectivity index (χ4n) is 2.45. The van der Waals surface area contributed by atoms with Crippen LogP contribution in [-0.2, 0) is 18.0 Å². The highest BCUT2D eigenvalue weighted by Gasteiger charge is 2.27. The van der Waals surface area contributed by atoms with Gasteiger partial charge in [-0.1, -0.05) is 0 Å². The van der Waals surface area contributed by atoms with Crippen LogP contribution in [0.3, 0.4) is 0 Å². The van der Waals surface area contributed by atoms with Crippen molar-refractivity contribution in [3.8, 4) is 0 Å². The van der Waals surface area contributed by atoms with Gasteiger partial charge in [0.15, 0.2) is 0 Å². The first kappa shape index (κ1) is 9.99. The maximum Gasteiger partial charge on any atom is 0.137 e. The third kappa shape index (κ3) is 1.56. The number of nitrogens with two attached hydrogens (primary N) is 1. The topological polar surface area (TPSA) is 64.3 Å². The monoisotopic (exact) mass is 220 g/mol. The molecule has 0 radical (unpaired) electrons. The van der Waals surface area contributed by atoms with Gasteiger partial charge in [-0.15, -0.1) is 0 Å². The van der Waals surface area contributed by atoms with Crippen molar-refractivity contribution in [2.24, 2.45) is 11.7 Å². The highest BCUT2D eigenvalue weighted by Crippen LogP contribution is 2.29. The lowest BCUT2D eigenvalue weighted by molar-refractivity contribution is 0.133. The van der Waals surface area contributed by atoms with Crippen LogP contribution in [0.4, 0.5) is 5.82 Å². The summed E-state index contributed by atoms with van der Waals surface area (Å²) < 4.78 is 5.41.